The van der Waals surface area contributed by atoms with Crippen LogP contribution in [0, 0.1) is 29.1 Å². The van der Waals surface area contributed by atoms with Crippen LogP contribution in [-0.2, 0) is 9.36 Å². The van der Waals surface area contributed by atoms with Crippen molar-refractivity contribution in [1.82, 2.24) is 5.09 Å². The Morgan fingerprint density at radius 1 is 0.818 bits per heavy atom. The number of rotatable bonds is 8. The van der Waals surface area contributed by atoms with Gasteiger partial charge >= 0.3 is 13.7 Å². The summed E-state index contributed by atoms with van der Waals surface area (Å²) in [5.74, 6) is -15.6. The molecule has 0 aliphatic rings. The molecule has 3 rings (SSSR count). The molecule has 174 valence electrons. The maximum Gasteiger partial charge on any atom is 0.513 e. The van der Waals surface area contributed by atoms with Crippen molar-refractivity contribution in [2.75, 3.05) is 0 Å². The molecule has 0 spiro atoms. The highest BCUT2D eigenvalue weighted by Gasteiger charge is 2.38. The lowest BCUT2D eigenvalue weighted by molar-refractivity contribution is -0.138. The smallest absolute Gasteiger partial charge is 0.480 e. The lowest BCUT2D eigenvalue weighted by Gasteiger charge is -2.23. The van der Waals surface area contributed by atoms with Gasteiger partial charge in [0.1, 0.15) is 11.8 Å². The molecule has 0 saturated carbocycles. The molecule has 2 N–H and O–H groups in total. The topological polar surface area (TPSA) is 84.9 Å². The predicted octanol–water partition coefficient (Wildman–Crippen LogP) is 5.68. The largest absolute Gasteiger partial charge is 0.513 e. The molecule has 0 amide bonds. The Morgan fingerprint density at radius 2 is 1.30 bits per heavy atom. The molecule has 3 aromatic carbocycles. The second-order valence-electron chi connectivity index (χ2n) is 6.66. The van der Waals surface area contributed by atoms with Crippen LogP contribution in [0.3, 0.4) is 0 Å². The van der Waals surface area contributed by atoms with Gasteiger partial charge in [-0.05, 0) is 30.2 Å². The van der Waals surface area contributed by atoms with E-state index in [1.165, 1.54) is 24.3 Å². The number of benzene rings is 3. The van der Waals surface area contributed by atoms with E-state index < -0.39 is 54.6 Å². The first-order valence-electron chi connectivity index (χ1n) is 9.19. The van der Waals surface area contributed by atoms with Crippen LogP contribution in [0.4, 0.5) is 22.0 Å². The Labute approximate surface area is 184 Å². The van der Waals surface area contributed by atoms with Crippen LogP contribution < -0.4 is 14.1 Å². The van der Waals surface area contributed by atoms with Gasteiger partial charge in [0, 0.05) is 0 Å². The van der Waals surface area contributed by atoms with Crippen molar-refractivity contribution in [3.63, 3.8) is 0 Å². The fraction of sp³-hybridized carbons (Fsp3) is 0.0952. The average molecular weight is 487 g/mol. The van der Waals surface area contributed by atoms with E-state index in [-0.39, 0.29) is 5.75 Å². The van der Waals surface area contributed by atoms with Crippen molar-refractivity contribution in [2.45, 2.75) is 13.0 Å². The van der Waals surface area contributed by atoms with Crippen LogP contribution in [0.5, 0.6) is 11.5 Å². The SMILES string of the molecule is CC(N[P@](=O)(Oc1ccc(-c2ccccc2)cc1)Oc1c(F)c(F)c(F)c(F)c1F)C(=O)O. The second-order valence-corrected chi connectivity index (χ2v) is 8.28. The van der Waals surface area contributed by atoms with Crippen LogP contribution in [0.15, 0.2) is 54.6 Å². The van der Waals surface area contributed by atoms with Crippen molar-refractivity contribution in [1.29, 1.82) is 0 Å². The monoisotopic (exact) mass is 487 g/mol. The molecule has 0 heterocycles. The molecule has 12 heteroatoms. The summed E-state index contributed by atoms with van der Waals surface area (Å²) >= 11 is 0. The van der Waals surface area contributed by atoms with Crippen LogP contribution in [0.2, 0.25) is 0 Å². The third-order valence-corrected chi connectivity index (χ3v) is 5.87. The van der Waals surface area contributed by atoms with Gasteiger partial charge in [0.05, 0.1) is 0 Å². The lowest BCUT2D eigenvalue weighted by Crippen LogP contribution is -2.34. The lowest BCUT2D eigenvalue weighted by atomic mass is 10.1. The number of carboxylic acid groups (broad SMARTS) is 1. The zero-order valence-corrected chi connectivity index (χ0v) is 17.6. The molecule has 0 saturated heterocycles. The Kier molecular flexibility index (Phi) is 7.04. The summed E-state index contributed by atoms with van der Waals surface area (Å²) in [6, 6.07) is 13.0. The van der Waals surface area contributed by atoms with Gasteiger partial charge < -0.3 is 14.2 Å². The Hall–Kier alpha value is -3.43. The zero-order chi connectivity index (χ0) is 24.3. The summed E-state index contributed by atoms with van der Waals surface area (Å²) in [7, 11) is -5.04. The van der Waals surface area contributed by atoms with Crippen molar-refractivity contribution in [3.05, 3.63) is 83.7 Å². The van der Waals surface area contributed by atoms with E-state index in [2.05, 4.69) is 4.52 Å². The van der Waals surface area contributed by atoms with Gasteiger partial charge in [-0.3, -0.25) is 4.79 Å². The first-order valence-corrected chi connectivity index (χ1v) is 10.7. The summed E-state index contributed by atoms with van der Waals surface area (Å²) in [6.45, 7) is 0.999. The highest BCUT2D eigenvalue weighted by molar-refractivity contribution is 7.52. The van der Waals surface area contributed by atoms with E-state index in [0.29, 0.717) is 5.56 Å². The minimum absolute atomic E-state index is 0.202. The summed E-state index contributed by atoms with van der Waals surface area (Å²) in [5, 5.41) is 10.9. The third-order valence-electron chi connectivity index (χ3n) is 4.29. The number of carbonyl (C=O) groups is 1. The summed E-state index contributed by atoms with van der Waals surface area (Å²) in [6.07, 6.45) is 0. The van der Waals surface area contributed by atoms with E-state index in [1.807, 2.05) is 23.3 Å². The molecule has 2 atom stereocenters. The Bertz CT molecular complexity index is 1190. The van der Waals surface area contributed by atoms with Crippen LogP contribution in [0.25, 0.3) is 11.1 Å². The van der Waals surface area contributed by atoms with Gasteiger partial charge in [-0.2, -0.15) is 13.9 Å². The molecule has 0 aliphatic carbocycles. The van der Waals surface area contributed by atoms with Gasteiger partial charge in [-0.1, -0.05) is 42.5 Å². The number of nitrogens with one attached hydrogen (secondary N) is 1. The van der Waals surface area contributed by atoms with Crippen molar-refractivity contribution >= 4 is 13.7 Å². The Balaban J connectivity index is 1.97. The Morgan fingerprint density at radius 3 is 1.82 bits per heavy atom. The fourth-order valence-corrected chi connectivity index (χ4v) is 4.15. The molecule has 0 aromatic heterocycles. The molecule has 0 bridgehead atoms. The van der Waals surface area contributed by atoms with Gasteiger partial charge in [0.15, 0.2) is 0 Å². The van der Waals surface area contributed by atoms with Gasteiger partial charge in [0.25, 0.3) is 0 Å². The standard InChI is InChI=1S/C21H15F5NO5P/c1-11(21(28)29)27-33(30,32-20-18(25)16(23)15(22)17(24)19(20)26)31-14-9-7-13(8-10-14)12-5-3-2-4-6-12/h2-11H,1H3,(H,27,30)(H,28,29)/t11?,33-/m0/s1. The third kappa shape index (κ3) is 5.32. The van der Waals surface area contributed by atoms with E-state index in [0.717, 1.165) is 12.5 Å². The van der Waals surface area contributed by atoms with Crippen molar-refractivity contribution in [2.24, 2.45) is 0 Å². The van der Waals surface area contributed by atoms with Crippen LogP contribution in [0.1, 0.15) is 6.92 Å². The van der Waals surface area contributed by atoms with Crippen LogP contribution >= 0.6 is 7.75 Å². The summed E-state index contributed by atoms with van der Waals surface area (Å²) in [5.41, 5.74) is 1.54. The quantitative estimate of drug-likeness (QED) is 0.184. The van der Waals surface area contributed by atoms with Gasteiger partial charge in [-0.15, -0.1) is 0 Å². The normalized spacial score (nSPS) is 13.8. The molecular formula is C21H15F5NO5P. The van der Waals surface area contributed by atoms with E-state index in [4.69, 9.17) is 9.63 Å². The van der Waals surface area contributed by atoms with Crippen LogP contribution in [-0.4, -0.2) is 17.1 Å². The molecule has 6 nitrogen and oxygen atoms in total. The summed E-state index contributed by atoms with van der Waals surface area (Å²) in [4.78, 5) is 11.2. The van der Waals surface area contributed by atoms with E-state index in [9.17, 15) is 31.3 Å². The first kappa shape index (κ1) is 24.2. The second kappa shape index (κ2) is 9.60. The zero-order valence-electron chi connectivity index (χ0n) is 16.7. The van der Waals surface area contributed by atoms with E-state index >= 15 is 0 Å². The van der Waals surface area contributed by atoms with Crippen molar-refractivity contribution in [3.8, 4) is 22.6 Å². The first-order chi connectivity index (χ1) is 15.5. The summed E-state index contributed by atoms with van der Waals surface area (Å²) < 4.78 is 91.3. The highest BCUT2D eigenvalue weighted by Crippen LogP contribution is 2.47. The number of aliphatic carboxylic acids is 1. The minimum Gasteiger partial charge on any atom is -0.480 e. The molecule has 1 unspecified atom stereocenters. The predicted molar refractivity (Wildman–Crippen MR) is 107 cm³/mol. The average Bonchev–Trinajstić information content (AvgIpc) is 2.80. The molecular weight excluding hydrogens is 472 g/mol. The number of hydrogen-bond donors (Lipinski definition) is 2. The molecule has 0 fully saturated rings. The van der Waals surface area contributed by atoms with Gasteiger partial charge in [0.2, 0.25) is 34.8 Å². The maximum atomic E-state index is 14.0. The maximum absolute atomic E-state index is 14.0. The number of carboxylic acids is 1. The highest BCUT2D eigenvalue weighted by atomic mass is 31.2. The number of hydrogen-bond acceptors (Lipinski definition) is 4. The van der Waals surface area contributed by atoms with E-state index in [1.54, 1.807) is 12.1 Å². The molecule has 0 aliphatic heterocycles. The number of halogens is 5. The molecule has 0 radical (unpaired) electrons. The minimum atomic E-state index is -5.04. The molecule has 3 aromatic rings. The van der Waals surface area contributed by atoms with Gasteiger partial charge in [-0.25, -0.2) is 17.7 Å². The fourth-order valence-electron chi connectivity index (χ4n) is 2.63. The molecule has 33 heavy (non-hydrogen) atoms. The van der Waals surface area contributed by atoms with Crippen molar-refractivity contribution < 1.29 is 45.5 Å².